The summed E-state index contributed by atoms with van der Waals surface area (Å²) in [6.45, 7) is 3.35. The molecule has 1 atom stereocenters. The van der Waals surface area contributed by atoms with E-state index in [4.69, 9.17) is 18.9 Å². The third kappa shape index (κ3) is 10.3. The van der Waals surface area contributed by atoms with Crippen LogP contribution in [-0.4, -0.2) is 61.1 Å². The largest absolute Gasteiger partial charge is 0.492 e. The van der Waals surface area contributed by atoms with Crippen LogP contribution in [-0.2, 0) is 27.3 Å². The van der Waals surface area contributed by atoms with Crippen molar-refractivity contribution in [3.63, 3.8) is 0 Å². The van der Waals surface area contributed by atoms with E-state index in [9.17, 15) is 23.5 Å². The summed E-state index contributed by atoms with van der Waals surface area (Å²) in [5.74, 6) is -2.64. The van der Waals surface area contributed by atoms with E-state index in [1.165, 1.54) is 4.90 Å². The minimum atomic E-state index is -1.03. The lowest BCUT2D eigenvalue weighted by atomic mass is 10.1. The maximum atomic E-state index is 14.0. The summed E-state index contributed by atoms with van der Waals surface area (Å²) in [7, 11) is 0. The highest BCUT2D eigenvalue weighted by molar-refractivity contribution is 5.72. The molecule has 214 valence electrons. The first-order valence-electron chi connectivity index (χ1n) is 12.9. The highest BCUT2D eigenvalue weighted by atomic mass is 19.1. The lowest BCUT2D eigenvalue weighted by Gasteiger charge is -2.22. The second-order valence-electron chi connectivity index (χ2n) is 8.80. The summed E-state index contributed by atoms with van der Waals surface area (Å²) in [5.41, 5.74) is 1.80. The number of carboxylic acids is 1. The molecule has 0 aliphatic rings. The maximum absolute atomic E-state index is 14.0. The first-order chi connectivity index (χ1) is 19.4. The van der Waals surface area contributed by atoms with Crippen LogP contribution in [0.4, 0.5) is 13.6 Å². The van der Waals surface area contributed by atoms with Gasteiger partial charge in [0.1, 0.15) is 18.2 Å². The summed E-state index contributed by atoms with van der Waals surface area (Å²) in [4.78, 5) is 25.5. The van der Waals surface area contributed by atoms with Gasteiger partial charge in [-0.3, -0.25) is 0 Å². The quantitative estimate of drug-likeness (QED) is 0.233. The Bertz CT molecular complexity index is 1210. The van der Waals surface area contributed by atoms with Crippen molar-refractivity contribution in [2.45, 2.75) is 32.5 Å². The molecule has 10 heteroatoms. The predicted octanol–water partition coefficient (Wildman–Crippen LogP) is 5.48. The van der Waals surface area contributed by atoms with E-state index < -0.39 is 29.8 Å². The number of amides is 1. The van der Waals surface area contributed by atoms with Crippen molar-refractivity contribution in [1.82, 2.24) is 4.90 Å². The van der Waals surface area contributed by atoms with Gasteiger partial charge in [0.05, 0.1) is 13.2 Å². The SMILES string of the molecule is CCOC(Cc1ccc(OCCN(CCCOCc2ccccc2)C(=O)Oc2ccc(F)cc2F)cc1)C(=O)O. The van der Waals surface area contributed by atoms with Crippen LogP contribution in [0.2, 0.25) is 0 Å². The summed E-state index contributed by atoms with van der Waals surface area (Å²) in [5, 5.41) is 9.26. The monoisotopic (exact) mass is 557 g/mol. The van der Waals surface area contributed by atoms with Crippen molar-refractivity contribution in [2.75, 3.05) is 32.9 Å². The van der Waals surface area contributed by atoms with Gasteiger partial charge in [0, 0.05) is 32.2 Å². The van der Waals surface area contributed by atoms with Crippen LogP contribution in [0.5, 0.6) is 11.5 Å². The number of halogens is 2. The Morgan fingerprint density at radius 1 is 0.925 bits per heavy atom. The van der Waals surface area contributed by atoms with Gasteiger partial charge >= 0.3 is 12.1 Å². The summed E-state index contributed by atoms with van der Waals surface area (Å²) >= 11 is 0. The van der Waals surface area contributed by atoms with Gasteiger partial charge in [-0.05, 0) is 48.7 Å². The van der Waals surface area contributed by atoms with E-state index in [1.54, 1.807) is 31.2 Å². The van der Waals surface area contributed by atoms with Gasteiger partial charge in [0.2, 0.25) is 0 Å². The Morgan fingerprint density at radius 2 is 1.68 bits per heavy atom. The highest BCUT2D eigenvalue weighted by Gasteiger charge is 2.19. The fourth-order valence-electron chi connectivity index (χ4n) is 3.76. The number of hydrogen-bond donors (Lipinski definition) is 1. The van der Waals surface area contributed by atoms with Crippen molar-refractivity contribution in [1.29, 1.82) is 0 Å². The summed E-state index contributed by atoms with van der Waals surface area (Å²) < 4.78 is 49.1. The van der Waals surface area contributed by atoms with E-state index >= 15 is 0 Å². The number of carboxylic acid groups (broad SMARTS) is 1. The van der Waals surface area contributed by atoms with Gasteiger partial charge in [0.25, 0.3) is 0 Å². The number of aliphatic carboxylic acids is 1. The minimum Gasteiger partial charge on any atom is -0.492 e. The van der Waals surface area contributed by atoms with Crippen LogP contribution in [0.3, 0.4) is 0 Å². The van der Waals surface area contributed by atoms with Gasteiger partial charge < -0.3 is 29.0 Å². The summed E-state index contributed by atoms with van der Waals surface area (Å²) in [6.07, 6.45) is -1.02. The van der Waals surface area contributed by atoms with E-state index in [1.807, 2.05) is 30.3 Å². The molecular formula is C30H33F2NO7. The second kappa shape index (κ2) is 16.2. The predicted molar refractivity (Wildman–Crippen MR) is 143 cm³/mol. The molecule has 0 aromatic heterocycles. The van der Waals surface area contributed by atoms with Crippen LogP contribution in [0.15, 0.2) is 72.8 Å². The highest BCUT2D eigenvalue weighted by Crippen LogP contribution is 2.19. The molecular weight excluding hydrogens is 524 g/mol. The molecule has 0 bridgehead atoms. The Morgan fingerprint density at radius 3 is 2.35 bits per heavy atom. The fourth-order valence-corrected chi connectivity index (χ4v) is 3.76. The number of carbonyl (C=O) groups excluding carboxylic acids is 1. The third-order valence-corrected chi connectivity index (χ3v) is 5.80. The van der Waals surface area contributed by atoms with Gasteiger partial charge in [-0.2, -0.15) is 0 Å². The molecule has 0 radical (unpaired) electrons. The van der Waals surface area contributed by atoms with Crippen molar-refractivity contribution in [3.05, 3.63) is 95.6 Å². The van der Waals surface area contributed by atoms with E-state index in [0.29, 0.717) is 38.1 Å². The van der Waals surface area contributed by atoms with Crippen molar-refractivity contribution >= 4 is 12.1 Å². The number of ether oxygens (including phenoxy) is 4. The van der Waals surface area contributed by atoms with E-state index in [2.05, 4.69) is 0 Å². The number of carbonyl (C=O) groups is 2. The zero-order valence-corrected chi connectivity index (χ0v) is 22.3. The van der Waals surface area contributed by atoms with Crippen LogP contribution in [0, 0.1) is 11.6 Å². The molecule has 0 heterocycles. The molecule has 1 amide bonds. The number of benzene rings is 3. The molecule has 8 nitrogen and oxygen atoms in total. The number of rotatable bonds is 16. The lowest BCUT2D eigenvalue weighted by Crippen LogP contribution is -2.38. The molecule has 3 aromatic carbocycles. The summed E-state index contributed by atoms with van der Waals surface area (Å²) in [6, 6.07) is 19.3. The molecule has 1 N–H and O–H groups in total. The molecule has 0 fully saturated rings. The van der Waals surface area contributed by atoms with Crippen molar-refractivity contribution < 1.29 is 42.4 Å². The topological polar surface area (TPSA) is 94.5 Å². The standard InChI is InChI=1S/C30H33F2NO7/c1-2-38-28(29(34)35)19-22-9-12-25(13-10-22)39-18-16-33(15-6-17-37-21-23-7-4-3-5-8-23)30(36)40-27-14-11-24(31)20-26(27)32/h3-5,7-14,20,28H,2,6,15-19,21H2,1H3,(H,34,35). The average molecular weight is 558 g/mol. The van der Waals surface area contributed by atoms with Crippen molar-refractivity contribution in [2.24, 2.45) is 0 Å². The number of nitrogens with zero attached hydrogens (tertiary/aromatic N) is 1. The molecule has 0 aliphatic heterocycles. The average Bonchev–Trinajstić information content (AvgIpc) is 2.94. The van der Waals surface area contributed by atoms with Gasteiger partial charge in [-0.25, -0.2) is 18.4 Å². The zero-order chi connectivity index (χ0) is 28.7. The Kier molecular flexibility index (Phi) is 12.3. The Balaban J connectivity index is 1.53. The van der Waals surface area contributed by atoms with Crippen LogP contribution < -0.4 is 9.47 Å². The fraction of sp³-hybridized carbons (Fsp3) is 0.333. The Hall–Kier alpha value is -4.02. The molecule has 1 unspecified atom stereocenters. The van der Waals surface area contributed by atoms with Gasteiger partial charge in [0.15, 0.2) is 17.7 Å². The van der Waals surface area contributed by atoms with E-state index in [0.717, 1.165) is 23.3 Å². The zero-order valence-electron chi connectivity index (χ0n) is 22.3. The molecule has 0 saturated carbocycles. The van der Waals surface area contributed by atoms with Gasteiger partial charge in [-0.1, -0.05) is 42.5 Å². The first-order valence-corrected chi connectivity index (χ1v) is 12.9. The minimum absolute atomic E-state index is 0.113. The lowest BCUT2D eigenvalue weighted by molar-refractivity contribution is -0.149. The van der Waals surface area contributed by atoms with Crippen LogP contribution in [0.1, 0.15) is 24.5 Å². The van der Waals surface area contributed by atoms with Gasteiger partial charge in [-0.15, -0.1) is 0 Å². The Labute approximate surface area is 232 Å². The molecule has 3 aromatic rings. The van der Waals surface area contributed by atoms with Crippen LogP contribution >= 0.6 is 0 Å². The first kappa shape index (κ1) is 30.5. The second-order valence-corrected chi connectivity index (χ2v) is 8.80. The maximum Gasteiger partial charge on any atom is 0.415 e. The third-order valence-electron chi connectivity index (χ3n) is 5.80. The molecule has 0 spiro atoms. The molecule has 3 rings (SSSR count). The van der Waals surface area contributed by atoms with Crippen molar-refractivity contribution in [3.8, 4) is 11.5 Å². The smallest absolute Gasteiger partial charge is 0.415 e. The normalized spacial score (nSPS) is 11.6. The number of hydrogen-bond acceptors (Lipinski definition) is 6. The molecule has 0 aliphatic carbocycles. The van der Waals surface area contributed by atoms with E-state index in [-0.39, 0.29) is 31.9 Å². The molecule has 0 saturated heterocycles. The van der Waals surface area contributed by atoms with Crippen LogP contribution in [0.25, 0.3) is 0 Å². The molecule has 40 heavy (non-hydrogen) atoms.